The molecule has 1 unspecified atom stereocenters. The molecule has 0 aliphatic carbocycles. The SMILES string of the molecule is CCN(CC(O)c1ccc(C)cc1)S(=O)(=O)N(C)C(C)C. The van der Waals surface area contributed by atoms with Crippen LogP contribution >= 0.6 is 0 Å². The van der Waals surface area contributed by atoms with Gasteiger partial charge < -0.3 is 5.11 Å². The number of hydrogen-bond donors (Lipinski definition) is 1. The van der Waals surface area contributed by atoms with Crippen molar-refractivity contribution in [2.75, 3.05) is 20.1 Å². The fraction of sp³-hybridized carbons (Fsp3) is 0.600. The van der Waals surface area contributed by atoms with E-state index in [1.165, 1.54) is 8.61 Å². The van der Waals surface area contributed by atoms with Crippen LogP contribution in [0.1, 0.15) is 38.0 Å². The molecule has 0 saturated heterocycles. The molecule has 0 fully saturated rings. The number of hydrogen-bond acceptors (Lipinski definition) is 3. The van der Waals surface area contributed by atoms with Crippen LogP contribution in [0.2, 0.25) is 0 Å². The third-order valence-corrected chi connectivity index (χ3v) is 5.82. The number of rotatable bonds is 7. The minimum Gasteiger partial charge on any atom is -0.387 e. The minimum absolute atomic E-state index is 0.0545. The first-order valence-electron chi connectivity index (χ1n) is 7.17. The van der Waals surface area contributed by atoms with Crippen molar-refractivity contribution in [2.45, 2.75) is 39.8 Å². The monoisotopic (exact) mass is 314 g/mol. The molecule has 1 aromatic rings. The fourth-order valence-corrected chi connectivity index (χ4v) is 3.47. The molecule has 6 heteroatoms. The van der Waals surface area contributed by atoms with E-state index < -0.39 is 16.3 Å². The predicted octanol–water partition coefficient (Wildman–Crippen LogP) is 1.94. The van der Waals surface area contributed by atoms with Crippen molar-refractivity contribution < 1.29 is 13.5 Å². The van der Waals surface area contributed by atoms with E-state index in [4.69, 9.17) is 0 Å². The van der Waals surface area contributed by atoms with Crippen molar-refractivity contribution in [3.8, 4) is 0 Å². The lowest BCUT2D eigenvalue weighted by Crippen LogP contribution is -2.46. The molecule has 5 nitrogen and oxygen atoms in total. The summed E-state index contributed by atoms with van der Waals surface area (Å²) in [4.78, 5) is 0. The van der Waals surface area contributed by atoms with Crippen LogP contribution in [-0.2, 0) is 10.2 Å². The zero-order valence-electron chi connectivity index (χ0n) is 13.4. The van der Waals surface area contributed by atoms with E-state index >= 15 is 0 Å². The first-order chi connectivity index (χ1) is 9.70. The lowest BCUT2D eigenvalue weighted by Gasteiger charge is -2.30. The molecule has 1 atom stereocenters. The summed E-state index contributed by atoms with van der Waals surface area (Å²) < 4.78 is 27.6. The van der Waals surface area contributed by atoms with Crippen LogP contribution in [0.15, 0.2) is 24.3 Å². The smallest absolute Gasteiger partial charge is 0.282 e. The van der Waals surface area contributed by atoms with Crippen LogP contribution in [0.4, 0.5) is 0 Å². The maximum atomic E-state index is 12.5. The number of aryl methyl sites for hydroxylation is 1. The largest absolute Gasteiger partial charge is 0.387 e. The standard InChI is InChI=1S/C15H26N2O3S/c1-6-17(21(19,20)16(5)12(2)3)11-15(18)14-9-7-13(4)8-10-14/h7-10,12,15,18H,6,11H2,1-5H3. The quantitative estimate of drug-likeness (QED) is 0.836. The Balaban J connectivity index is 2.89. The summed E-state index contributed by atoms with van der Waals surface area (Å²) >= 11 is 0. The highest BCUT2D eigenvalue weighted by Crippen LogP contribution is 2.18. The second-order valence-electron chi connectivity index (χ2n) is 5.49. The second-order valence-corrected chi connectivity index (χ2v) is 7.48. The number of aliphatic hydroxyl groups excluding tert-OH is 1. The van der Waals surface area contributed by atoms with Gasteiger partial charge in [0.05, 0.1) is 6.10 Å². The molecule has 0 aliphatic rings. The lowest BCUT2D eigenvalue weighted by molar-refractivity contribution is 0.146. The summed E-state index contributed by atoms with van der Waals surface area (Å²) in [5.74, 6) is 0. The molecule has 0 aromatic heterocycles. The molecule has 0 bridgehead atoms. The highest BCUT2D eigenvalue weighted by atomic mass is 32.2. The Morgan fingerprint density at radius 2 is 1.71 bits per heavy atom. The number of nitrogens with zero attached hydrogens (tertiary/aromatic N) is 2. The van der Waals surface area contributed by atoms with Gasteiger partial charge in [-0.3, -0.25) is 0 Å². The third kappa shape index (κ3) is 4.51. The van der Waals surface area contributed by atoms with Gasteiger partial charge in [-0.05, 0) is 26.3 Å². The number of aliphatic hydroxyl groups is 1. The molecule has 0 amide bonds. The van der Waals surface area contributed by atoms with Crippen molar-refractivity contribution in [1.82, 2.24) is 8.61 Å². The average Bonchev–Trinajstić information content (AvgIpc) is 2.43. The Bertz CT molecular complexity index is 541. The molecule has 0 saturated carbocycles. The van der Waals surface area contributed by atoms with E-state index in [2.05, 4.69) is 0 Å². The Labute approximate surface area is 128 Å². The van der Waals surface area contributed by atoms with Crippen molar-refractivity contribution in [1.29, 1.82) is 0 Å². The van der Waals surface area contributed by atoms with E-state index in [9.17, 15) is 13.5 Å². The van der Waals surface area contributed by atoms with Crippen molar-refractivity contribution >= 4 is 10.2 Å². The highest BCUT2D eigenvalue weighted by molar-refractivity contribution is 7.86. The van der Waals surface area contributed by atoms with Crippen LogP contribution in [0.25, 0.3) is 0 Å². The zero-order valence-corrected chi connectivity index (χ0v) is 14.3. The Morgan fingerprint density at radius 3 is 2.14 bits per heavy atom. The molecule has 0 spiro atoms. The predicted molar refractivity (Wildman–Crippen MR) is 85.2 cm³/mol. The van der Waals surface area contributed by atoms with Gasteiger partial charge in [-0.25, -0.2) is 0 Å². The van der Waals surface area contributed by atoms with Gasteiger partial charge in [-0.2, -0.15) is 17.0 Å². The average molecular weight is 314 g/mol. The summed E-state index contributed by atoms with van der Waals surface area (Å²) in [6, 6.07) is 7.34. The summed E-state index contributed by atoms with van der Waals surface area (Å²) in [6.07, 6.45) is -0.833. The van der Waals surface area contributed by atoms with Crippen LogP contribution in [-0.4, -0.2) is 48.3 Å². The summed E-state index contributed by atoms with van der Waals surface area (Å²) in [6.45, 7) is 7.76. The molecule has 120 valence electrons. The Hall–Kier alpha value is -0.950. The van der Waals surface area contributed by atoms with Crippen LogP contribution in [0, 0.1) is 6.92 Å². The molecule has 1 N–H and O–H groups in total. The molecule has 0 aliphatic heterocycles. The normalized spacial score (nSPS) is 14.1. The van der Waals surface area contributed by atoms with E-state index in [1.54, 1.807) is 14.0 Å². The topological polar surface area (TPSA) is 60.9 Å². The van der Waals surface area contributed by atoms with Crippen molar-refractivity contribution in [3.05, 3.63) is 35.4 Å². The Kier molecular flexibility index (Phi) is 6.34. The van der Waals surface area contributed by atoms with Gasteiger partial charge in [-0.1, -0.05) is 36.8 Å². The van der Waals surface area contributed by atoms with Gasteiger partial charge in [0.25, 0.3) is 10.2 Å². The summed E-state index contributed by atoms with van der Waals surface area (Å²) in [5, 5.41) is 10.3. The van der Waals surface area contributed by atoms with Gasteiger partial charge >= 0.3 is 0 Å². The molecule has 0 radical (unpaired) electrons. The first kappa shape index (κ1) is 18.1. The van der Waals surface area contributed by atoms with Crippen LogP contribution in [0.5, 0.6) is 0 Å². The third-order valence-electron chi connectivity index (χ3n) is 3.61. The molecule has 1 aromatic carbocycles. The molecular weight excluding hydrogens is 288 g/mol. The molecule has 1 rings (SSSR count). The summed E-state index contributed by atoms with van der Waals surface area (Å²) in [5.41, 5.74) is 1.83. The van der Waals surface area contributed by atoms with Gasteiger partial charge in [0.1, 0.15) is 0 Å². The van der Waals surface area contributed by atoms with Crippen molar-refractivity contribution in [3.63, 3.8) is 0 Å². The second kappa shape index (κ2) is 7.35. The van der Waals surface area contributed by atoms with E-state index in [0.717, 1.165) is 11.1 Å². The lowest BCUT2D eigenvalue weighted by atomic mass is 10.1. The van der Waals surface area contributed by atoms with Gasteiger partial charge in [0, 0.05) is 26.2 Å². The number of likely N-dealkylation sites (N-methyl/N-ethyl adjacent to an activating group) is 1. The minimum atomic E-state index is -3.55. The van der Waals surface area contributed by atoms with E-state index in [1.807, 2.05) is 45.0 Å². The number of benzene rings is 1. The highest BCUT2D eigenvalue weighted by Gasteiger charge is 2.29. The zero-order chi connectivity index (χ0) is 16.2. The Morgan fingerprint density at radius 1 is 1.19 bits per heavy atom. The fourth-order valence-electron chi connectivity index (χ4n) is 1.92. The van der Waals surface area contributed by atoms with Gasteiger partial charge in [-0.15, -0.1) is 0 Å². The van der Waals surface area contributed by atoms with E-state index in [-0.39, 0.29) is 12.6 Å². The van der Waals surface area contributed by atoms with Crippen molar-refractivity contribution in [2.24, 2.45) is 0 Å². The van der Waals surface area contributed by atoms with Gasteiger partial charge in [0.2, 0.25) is 0 Å². The van der Waals surface area contributed by atoms with Gasteiger partial charge in [0.15, 0.2) is 0 Å². The maximum absolute atomic E-state index is 12.5. The van der Waals surface area contributed by atoms with E-state index in [0.29, 0.717) is 6.54 Å². The van der Waals surface area contributed by atoms with Crippen LogP contribution < -0.4 is 0 Å². The molecule has 21 heavy (non-hydrogen) atoms. The maximum Gasteiger partial charge on any atom is 0.282 e. The molecular formula is C15H26N2O3S. The van der Waals surface area contributed by atoms with Crippen LogP contribution in [0.3, 0.4) is 0 Å². The summed E-state index contributed by atoms with van der Waals surface area (Å²) in [7, 11) is -2.00. The first-order valence-corrected chi connectivity index (χ1v) is 8.57. The molecule has 0 heterocycles.